The normalized spacial score (nSPS) is 35.9. The highest BCUT2D eigenvalue weighted by Crippen LogP contribution is 2.43. The third-order valence-corrected chi connectivity index (χ3v) is 4.77. The molecule has 1 aromatic rings. The second-order valence-electron chi connectivity index (χ2n) is 6.83. The van der Waals surface area contributed by atoms with Crippen molar-refractivity contribution in [3.8, 4) is 11.5 Å². The number of rotatable bonds is 4. The van der Waals surface area contributed by atoms with Crippen LogP contribution >= 0.6 is 0 Å². The third-order valence-electron chi connectivity index (χ3n) is 4.77. The molecule has 0 amide bonds. The minimum Gasteiger partial charge on any atom is -0.493 e. The molecule has 23 heavy (non-hydrogen) atoms. The van der Waals surface area contributed by atoms with E-state index in [9.17, 15) is 5.11 Å². The van der Waals surface area contributed by atoms with Gasteiger partial charge in [-0.05, 0) is 54.4 Å². The molecule has 1 aromatic carbocycles. The minimum atomic E-state index is -2.82. The topological polar surface area (TPSA) is 41.9 Å². The molecule has 2 heterocycles. The van der Waals surface area contributed by atoms with Crippen LogP contribution in [0.15, 0.2) is 12.1 Å². The standard InChI is InChI=1S/C19H29NO3/c1-12(2)7-14-11-20-6-5-13-8-18(22-3)19(23-4)9-15(13)16(20)10-17(14)21/h8-9,12,14,16-17,21H,5-7,10-11H2,1-4H3/i3D3,4D3,11D2. The van der Waals surface area contributed by atoms with Crippen LogP contribution in [-0.4, -0.2) is 43.2 Å². The lowest BCUT2D eigenvalue weighted by Gasteiger charge is -2.46. The van der Waals surface area contributed by atoms with Crippen molar-refractivity contribution in [3.05, 3.63) is 23.3 Å². The van der Waals surface area contributed by atoms with Gasteiger partial charge in [0.1, 0.15) is 0 Å². The summed E-state index contributed by atoms with van der Waals surface area (Å²) in [5.41, 5.74) is 1.35. The van der Waals surface area contributed by atoms with Crippen molar-refractivity contribution in [2.24, 2.45) is 11.8 Å². The largest absolute Gasteiger partial charge is 0.493 e. The molecule has 2 aliphatic heterocycles. The predicted octanol–water partition coefficient (Wildman–Crippen LogP) is 3.03. The molecule has 1 N–H and O–H groups in total. The van der Waals surface area contributed by atoms with Gasteiger partial charge in [0, 0.05) is 21.8 Å². The van der Waals surface area contributed by atoms with Crippen molar-refractivity contribution in [2.75, 3.05) is 27.1 Å². The van der Waals surface area contributed by atoms with Crippen molar-refractivity contribution in [2.45, 2.75) is 45.3 Å². The third kappa shape index (κ3) is 3.20. The van der Waals surface area contributed by atoms with E-state index in [4.69, 9.17) is 20.4 Å². The summed E-state index contributed by atoms with van der Waals surface area (Å²) in [6, 6.07) is 2.39. The Morgan fingerprint density at radius 3 is 2.78 bits per heavy atom. The summed E-state index contributed by atoms with van der Waals surface area (Å²) in [7, 11) is -5.61. The number of nitrogens with zero attached hydrogens (tertiary/aromatic N) is 1. The maximum atomic E-state index is 10.8. The molecule has 3 atom stereocenters. The smallest absolute Gasteiger partial charge is 0.161 e. The van der Waals surface area contributed by atoms with E-state index in [0.29, 0.717) is 24.9 Å². The number of ether oxygens (including phenoxy) is 2. The van der Waals surface area contributed by atoms with E-state index >= 15 is 0 Å². The second kappa shape index (κ2) is 6.70. The fourth-order valence-corrected chi connectivity index (χ4v) is 3.69. The van der Waals surface area contributed by atoms with E-state index in [1.54, 1.807) is 4.90 Å². The van der Waals surface area contributed by atoms with Gasteiger partial charge < -0.3 is 14.6 Å². The van der Waals surface area contributed by atoms with Crippen LogP contribution in [0.4, 0.5) is 0 Å². The number of benzene rings is 1. The minimum absolute atomic E-state index is 0.194. The van der Waals surface area contributed by atoms with Gasteiger partial charge in [-0.2, -0.15) is 0 Å². The lowest BCUT2D eigenvalue weighted by molar-refractivity contribution is -0.0191. The Hall–Kier alpha value is -1.26. The Kier molecular flexibility index (Phi) is 2.70. The molecule has 3 rings (SSSR count). The molecule has 0 bridgehead atoms. The number of methoxy groups -OCH3 is 2. The van der Waals surface area contributed by atoms with Gasteiger partial charge in [0.05, 0.1) is 28.4 Å². The number of aliphatic hydroxyl groups is 1. The highest BCUT2D eigenvalue weighted by atomic mass is 16.5. The van der Waals surface area contributed by atoms with E-state index in [2.05, 4.69) is 0 Å². The Balaban J connectivity index is 2.03. The number of hydrogen-bond donors (Lipinski definition) is 1. The SMILES string of the molecule is [2H]C([2H])([2H])Oc1cc2c(cc1OC([2H])([2H])[2H])C1CC(O)C(CC(C)C)C([2H])([2H])N1CC2. The Labute approximate surface area is 150 Å². The predicted molar refractivity (Wildman–Crippen MR) is 91.1 cm³/mol. The van der Waals surface area contributed by atoms with Crippen LogP contribution in [0.5, 0.6) is 11.5 Å². The van der Waals surface area contributed by atoms with Crippen LogP contribution in [-0.2, 0) is 6.42 Å². The molecule has 0 spiro atoms. The molecule has 128 valence electrons. The van der Waals surface area contributed by atoms with Crippen molar-refractivity contribution < 1.29 is 25.5 Å². The van der Waals surface area contributed by atoms with Crippen molar-refractivity contribution in [3.63, 3.8) is 0 Å². The van der Waals surface area contributed by atoms with Gasteiger partial charge in [-0.3, -0.25) is 4.90 Å². The van der Waals surface area contributed by atoms with E-state index in [-0.39, 0.29) is 23.8 Å². The number of fused-ring (bicyclic) bond motifs is 3. The molecule has 3 unspecified atom stereocenters. The highest BCUT2D eigenvalue weighted by molar-refractivity contribution is 5.49. The quantitative estimate of drug-likeness (QED) is 0.923. The van der Waals surface area contributed by atoms with Gasteiger partial charge in [0.15, 0.2) is 11.5 Å². The van der Waals surface area contributed by atoms with Crippen LogP contribution in [0, 0.1) is 11.8 Å². The van der Waals surface area contributed by atoms with E-state index in [0.717, 1.165) is 5.56 Å². The van der Waals surface area contributed by atoms with Gasteiger partial charge >= 0.3 is 0 Å². The number of hydrogen-bond acceptors (Lipinski definition) is 4. The molecule has 0 saturated carbocycles. The summed E-state index contributed by atoms with van der Waals surface area (Å²) in [6.45, 7) is 2.62. The van der Waals surface area contributed by atoms with Gasteiger partial charge in [-0.1, -0.05) is 13.8 Å². The highest BCUT2D eigenvalue weighted by Gasteiger charge is 2.38. The zero-order valence-corrected chi connectivity index (χ0v) is 13.5. The molecule has 0 aromatic heterocycles. The summed E-state index contributed by atoms with van der Waals surface area (Å²) < 4.78 is 71.8. The average Bonchev–Trinajstić information content (AvgIpc) is 2.56. The zero-order valence-electron chi connectivity index (χ0n) is 21.5. The van der Waals surface area contributed by atoms with Gasteiger partial charge in [0.2, 0.25) is 0 Å². The monoisotopic (exact) mass is 327 g/mol. The first kappa shape index (κ1) is 9.28. The molecule has 0 aliphatic carbocycles. The number of aliphatic hydroxyl groups excluding tert-OH is 1. The lowest BCUT2D eigenvalue weighted by Crippen LogP contribution is -2.48. The fraction of sp³-hybridized carbons (Fsp3) is 0.684. The molecule has 4 nitrogen and oxygen atoms in total. The summed E-state index contributed by atoms with van der Waals surface area (Å²) >= 11 is 0. The van der Waals surface area contributed by atoms with Crippen molar-refractivity contribution in [1.29, 1.82) is 0 Å². The first-order chi connectivity index (χ1) is 14.1. The second-order valence-corrected chi connectivity index (χ2v) is 6.83. The van der Waals surface area contributed by atoms with E-state index in [1.165, 1.54) is 12.1 Å². The van der Waals surface area contributed by atoms with E-state index < -0.39 is 38.6 Å². The van der Waals surface area contributed by atoms with E-state index in [1.807, 2.05) is 13.8 Å². The average molecular weight is 327 g/mol. The summed E-state index contributed by atoms with van der Waals surface area (Å²) in [6.07, 6.45) is 0.399. The summed E-state index contributed by atoms with van der Waals surface area (Å²) in [5.74, 6) is -0.750. The zero-order chi connectivity index (χ0) is 23.4. The van der Waals surface area contributed by atoms with Crippen LogP contribution in [0.25, 0.3) is 0 Å². The maximum absolute atomic E-state index is 10.8. The molecule has 0 radical (unpaired) electrons. The van der Waals surface area contributed by atoms with Crippen LogP contribution in [0.2, 0.25) is 0 Å². The lowest BCUT2D eigenvalue weighted by atomic mass is 9.79. The first-order valence-corrected chi connectivity index (χ1v) is 8.08. The molecule has 4 heteroatoms. The van der Waals surface area contributed by atoms with Crippen LogP contribution in [0.3, 0.4) is 0 Å². The molecular formula is C19H29NO3. The Morgan fingerprint density at radius 1 is 1.35 bits per heavy atom. The van der Waals surface area contributed by atoms with Crippen molar-refractivity contribution in [1.82, 2.24) is 4.90 Å². The summed E-state index contributed by atoms with van der Waals surface area (Å²) in [5, 5.41) is 10.8. The Bertz CT molecular complexity index is 809. The van der Waals surface area contributed by atoms with Gasteiger partial charge in [-0.25, -0.2) is 0 Å². The fourth-order valence-electron chi connectivity index (χ4n) is 3.69. The molecular weight excluding hydrogens is 290 g/mol. The van der Waals surface area contributed by atoms with Crippen LogP contribution < -0.4 is 9.47 Å². The number of piperidine rings is 1. The Morgan fingerprint density at radius 2 is 2.09 bits per heavy atom. The molecule has 1 fully saturated rings. The van der Waals surface area contributed by atoms with Gasteiger partial charge in [0.25, 0.3) is 0 Å². The van der Waals surface area contributed by atoms with Gasteiger partial charge in [-0.15, -0.1) is 0 Å². The maximum Gasteiger partial charge on any atom is 0.161 e. The molecule has 1 saturated heterocycles. The molecule has 2 aliphatic rings. The van der Waals surface area contributed by atoms with Crippen molar-refractivity contribution >= 4 is 0 Å². The first-order valence-electron chi connectivity index (χ1n) is 12.1. The summed E-state index contributed by atoms with van der Waals surface area (Å²) in [4.78, 5) is 1.72. The van der Waals surface area contributed by atoms with Crippen LogP contribution in [0.1, 0.15) is 54.8 Å².